The topological polar surface area (TPSA) is 98.5 Å². The summed E-state index contributed by atoms with van der Waals surface area (Å²) in [5, 5.41) is 13.6. The van der Waals surface area contributed by atoms with E-state index in [0.29, 0.717) is 0 Å². The number of nitrogens with zero attached hydrogens (tertiary/aromatic N) is 1. The molecule has 0 unspecified atom stereocenters. The zero-order valence-electron chi connectivity index (χ0n) is 16.2. The monoisotopic (exact) mass is 402 g/mol. The fourth-order valence-electron chi connectivity index (χ4n) is 2.43. The highest BCUT2D eigenvalue weighted by Gasteiger charge is 2.18. The van der Waals surface area contributed by atoms with Gasteiger partial charge in [0.2, 0.25) is 0 Å². The van der Waals surface area contributed by atoms with Crippen LogP contribution in [0.25, 0.3) is 0 Å². The van der Waals surface area contributed by atoms with Crippen molar-refractivity contribution in [2.45, 2.75) is 32.6 Å². The lowest BCUT2D eigenvalue weighted by atomic mass is 10.1. The molecule has 0 aliphatic carbocycles. The molecule has 0 saturated heterocycles. The molecule has 2 aromatic rings. The first-order chi connectivity index (χ1) is 13.2. The van der Waals surface area contributed by atoms with Crippen molar-refractivity contribution in [2.24, 2.45) is 0 Å². The number of nitro benzene ring substituents is 1. The number of nitrogens with one attached hydrogen (secondary N) is 1. The number of hydrogen-bond donors (Lipinski definition) is 1. The van der Waals surface area contributed by atoms with Crippen molar-refractivity contribution in [1.82, 2.24) is 0 Å². The van der Waals surface area contributed by atoms with E-state index in [1.165, 1.54) is 23.9 Å². The van der Waals surface area contributed by atoms with Crippen LogP contribution in [0, 0.1) is 37.8 Å². The minimum Gasteiger partial charge on any atom is -0.455 e. The van der Waals surface area contributed by atoms with E-state index in [1.807, 2.05) is 32.0 Å². The lowest BCUT2D eigenvalue weighted by Crippen LogP contribution is -2.22. The van der Waals surface area contributed by atoms with E-state index >= 15 is 0 Å². The van der Waals surface area contributed by atoms with Crippen LogP contribution < -0.4 is 5.32 Å². The Hall–Kier alpha value is -2.87. The summed E-state index contributed by atoms with van der Waals surface area (Å²) in [6.07, 6.45) is 0. The van der Waals surface area contributed by atoms with Gasteiger partial charge in [0.15, 0.2) is 6.61 Å². The van der Waals surface area contributed by atoms with E-state index in [9.17, 15) is 19.7 Å². The lowest BCUT2D eigenvalue weighted by Gasteiger charge is -2.10. The molecule has 7 nitrogen and oxygen atoms in total. The zero-order chi connectivity index (χ0) is 20.8. The molecule has 0 radical (unpaired) electrons. The summed E-state index contributed by atoms with van der Waals surface area (Å²) in [7, 11) is 0. The Bertz CT molecular complexity index is 927. The van der Waals surface area contributed by atoms with Gasteiger partial charge in [-0.05, 0) is 56.5 Å². The first-order valence-electron chi connectivity index (χ1n) is 8.58. The Kier molecular flexibility index (Phi) is 7.17. The fraction of sp³-hybridized carbons (Fsp3) is 0.300. The van der Waals surface area contributed by atoms with E-state index in [1.54, 1.807) is 13.8 Å². The molecule has 2 aromatic carbocycles. The third kappa shape index (κ3) is 5.82. The minimum absolute atomic E-state index is 0.0708. The molecule has 28 heavy (non-hydrogen) atoms. The van der Waals surface area contributed by atoms with Gasteiger partial charge in [-0.15, -0.1) is 11.8 Å². The molecular formula is C20H22N2O5S. The highest BCUT2D eigenvalue weighted by atomic mass is 32.2. The maximum atomic E-state index is 12.0. The van der Waals surface area contributed by atoms with Gasteiger partial charge in [0.25, 0.3) is 11.6 Å². The van der Waals surface area contributed by atoms with Crippen LogP contribution in [0.2, 0.25) is 0 Å². The lowest BCUT2D eigenvalue weighted by molar-refractivity contribution is -0.384. The summed E-state index contributed by atoms with van der Waals surface area (Å²) in [4.78, 5) is 35.5. The van der Waals surface area contributed by atoms with Crippen LogP contribution in [-0.2, 0) is 14.3 Å². The molecule has 0 saturated carbocycles. The second-order valence-electron chi connectivity index (χ2n) is 6.48. The second-order valence-corrected chi connectivity index (χ2v) is 7.49. The Labute approximate surface area is 167 Å². The van der Waals surface area contributed by atoms with Gasteiger partial charge in [-0.1, -0.05) is 17.7 Å². The molecule has 0 bridgehead atoms. The van der Waals surface area contributed by atoms with Crippen LogP contribution in [0.4, 0.5) is 11.4 Å². The highest BCUT2D eigenvalue weighted by Crippen LogP contribution is 2.28. The quantitative estimate of drug-likeness (QED) is 0.324. The third-order valence-corrected chi connectivity index (χ3v) is 5.27. The molecule has 0 atom stereocenters. The Morgan fingerprint density at radius 1 is 1.07 bits per heavy atom. The highest BCUT2D eigenvalue weighted by molar-refractivity contribution is 8.00. The molecule has 0 aliphatic heterocycles. The summed E-state index contributed by atoms with van der Waals surface area (Å²) >= 11 is 1.34. The summed E-state index contributed by atoms with van der Waals surface area (Å²) in [5.74, 6) is -1.09. The largest absolute Gasteiger partial charge is 0.455 e. The van der Waals surface area contributed by atoms with Crippen LogP contribution in [0.15, 0.2) is 35.2 Å². The first kappa shape index (κ1) is 21.4. The van der Waals surface area contributed by atoms with Crippen molar-refractivity contribution in [3.63, 3.8) is 0 Å². The number of nitro groups is 1. The van der Waals surface area contributed by atoms with Crippen molar-refractivity contribution >= 4 is 35.0 Å². The first-order valence-corrected chi connectivity index (χ1v) is 9.57. The molecule has 0 spiro atoms. The molecule has 0 aliphatic rings. The van der Waals surface area contributed by atoms with Gasteiger partial charge in [-0.25, -0.2) is 0 Å². The van der Waals surface area contributed by atoms with E-state index in [0.717, 1.165) is 27.1 Å². The number of carbonyl (C=O) groups excluding carboxylic acids is 2. The summed E-state index contributed by atoms with van der Waals surface area (Å²) in [6.45, 7) is 6.97. The van der Waals surface area contributed by atoms with Crippen molar-refractivity contribution in [3.8, 4) is 0 Å². The molecule has 0 aromatic heterocycles. The average Bonchev–Trinajstić information content (AvgIpc) is 2.63. The summed E-state index contributed by atoms with van der Waals surface area (Å²) in [6, 6.07) is 8.89. The molecule has 148 valence electrons. The predicted octanol–water partition coefficient (Wildman–Crippen LogP) is 4.10. The average molecular weight is 402 g/mol. The summed E-state index contributed by atoms with van der Waals surface area (Å²) < 4.78 is 4.98. The van der Waals surface area contributed by atoms with Crippen molar-refractivity contribution in [2.75, 3.05) is 17.7 Å². The van der Waals surface area contributed by atoms with Gasteiger partial charge in [0.05, 0.1) is 10.7 Å². The number of aryl methyl sites for hydroxylation is 4. The van der Waals surface area contributed by atoms with Gasteiger partial charge < -0.3 is 10.1 Å². The predicted molar refractivity (Wildman–Crippen MR) is 109 cm³/mol. The van der Waals surface area contributed by atoms with Crippen molar-refractivity contribution in [1.29, 1.82) is 0 Å². The SMILES string of the molecule is Cc1ccc(C)c(SCC(=O)OCC(=O)Nc2cc(C)c(C)cc2[N+](=O)[O-])c1. The van der Waals surface area contributed by atoms with Crippen molar-refractivity contribution < 1.29 is 19.2 Å². The van der Waals surface area contributed by atoms with Crippen LogP contribution in [0.5, 0.6) is 0 Å². The zero-order valence-corrected chi connectivity index (χ0v) is 17.0. The Morgan fingerprint density at radius 2 is 1.75 bits per heavy atom. The number of ether oxygens (including phenoxy) is 1. The number of amides is 1. The van der Waals surface area contributed by atoms with Crippen LogP contribution in [0.1, 0.15) is 22.3 Å². The molecular weight excluding hydrogens is 380 g/mol. The molecule has 1 amide bonds. The Balaban J connectivity index is 1.90. The number of carbonyl (C=O) groups is 2. The maximum Gasteiger partial charge on any atom is 0.316 e. The number of thioether (sulfide) groups is 1. The number of anilines is 1. The third-order valence-electron chi connectivity index (χ3n) is 4.14. The standard InChI is InChI=1S/C20H22N2O5S/c1-12-5-6-13(2)18(7-12)28-11-20(24)27-10-19(23)21-16-8-14(3)15(4)9-17(16)22(25)26/h5-9H,10-11H2,1-4H3,(H,21,23). The fourth-order valence-corrected chi connectivity index (χ4v) is 3.35. The van der Waals surface area contributed by atoms with Crippen LogP contribution >= 0.6 is 11.8 Å². The normalized spacial score (nSPS) is 10.4. The van der Waals surface area contributed by atoms with E-state index in [4.69, 9.17) is 4.74 Å². The second kappa shape index (κ2) is 9.36. The number of esters is 1. The van der Waals surface area contributed by atoms with Crippen molar-refractivity contribution in [3.05, 3.63) is 62.7 Å². The molecule has 8 heteroatoms. The molecule has 0 fully saturated rings. The minimum atomic E-state index is -0.628. The van der Waals surface area contributed by atoms with E-state index < -0.39 is 23.4 Å². The summed E-state index contributed by atoms with van der Waals surface area (Å²) in [5.41, 5.74) is 3.59. The Morgan fingerprint density at radius 3 is 2.43 bits per heavy atom. The molecule has 1 N–H and O–H groups in total. The molecule has 0 heterocycles. The number of rotatable bonds is 7. The van der Waals surface area contributed by atoms with Gasteiger partial charge in [0, 0.05) is 11.0 Å². The van der Waals surface area contributed by atoms with Gasteiger partial charge in [-0.2, -0.15) is 0 Å². The van der Waals surface area contributed by atoms with Crippen LogP contribution in [0.3, 0.4) is 0 Å². The van der Waals surface area contributed by atoms with E-state index in [-0.39, 0.29) is 17.1 Å². The van der Waals surface area contributed by atoms with Crippen LogP contribution in [-0.4, -0.2) is 29.2 Å². The van der Waals surface area contributed by atoms with Gasteiger partial charge in [-0.3, -0.25) is 19.7 Å². The van der Waals surface area contributed by atoms with Gasteiger partial charge in [0.1, 0.15) is 5.69 Å². The smallest absolute Gasteiger partial charge is 0.316 e. The molecule has 2 rings (SSSR count). The maximum absolute atomic E-state index is 12.0. The number of hydrogen-bond acceptors (Lipinski definition) is 6. The van der Waals surface area contributed by atoms with E-state index in [2.05, 4.69) is 5.32 Å². The van der Waals surface area contributed by atoms with Gasteiger partial charge >= 0.3 is 5.97 Å². The number of benzene rings is 2.